The highest BCUT2D eigenvalue weighted by atomic mass is 79.9. The molecular formula is C16H15Br2NO. The van der Waals surface area contributed by atoms with Gasteiger partial charge in [-0.05, 0) is 42.3 Å². The van der Waals surface area contributed by atoms with Gasteiger partial charge in [-0.3, -0.25) is 4.79 Å². The third-order valence-electron chi connectivity index (χ3n) is 3.03. The first kappa shape index (κ1) is 15.3. The summed E-state index contributed by atoms with van der Waals surface area (Å²) in [6, 6.07) is 15.8. The first-order valence-corrected chi connectivity index (χ1v) is 7.92. The highest BCUT2D eigenvalue weighted by Gasteiger charge is 2.10. The number of nitrogens with one attached hydrogen (secondary N) is 1. The number of rotatable bonds is 4. The Hall–Kier alpha value is -1.13. The average Bonchev–Trinajstić information content (AvgIpc) is 2.42. The van der Waals surface area contributed by atoms with Crippen LogP contribution in [0.2, 0.25) is 0 Å². The minimum Gasteiger partial charge on any atom is -0.349 e. The van der Waals surface area contributed by atoms with Crippen LogP contribution in [0.4, 0.5) is 0 Å². The maximum atomic E-state index is 12.0. The molecule has 0 radical (unpaired) electrons. The first-order chi connectivity index (χ1) is 9.54. The summed E-state index contributed by atoms with van der Waals surface area (Å²) < 4.78 is 2.06. The van der Waals surface area contributed by atoms with Crippen molar-refractivity contribution in [3.63, 3.8) is 0 Å². The van der Waals surface area contributed by atoms with Gasteiger partial charge in [-0.15, -0.1) is 0 Å². The molecule has 0 saturated carbocycles. The SMILES string of the molecule is C[C@H](NC(=O)Cc1ccc(Br)cc1)c1ccc(Br)cc1. The monoisotopic (exact) mass is 395 g/mol. The van der Waals surface area contributed by atoms with E-state index in [2.05, 4.69) is 37.2 Å². The van der Waals surface area contributed by atoms with Gasteiger partial charge in [0.2, 0.25) is 5.91 Å². The minimum absolute atomic E-state index is 0.00560. The number of halogens is 2. The lowest BCUT2D eigenvalue weighted by atomic mass is 10.1. The Labute approximate surface area is 135 Å². The quantitative estimate of drug-likeness (QED) is 0.801. The van der Waals surface area contributed by atoms with Crippen LogP contribution in [0, 0.1) is 0 Å². The molecule has 104 valence electrons. The Balaban J connectivity index is 1.93. The molecule has 2 aromatic carbocycles. The zero-order valence-electron chi connectivity index (χ0n) is 11.1. The van der Waals surface area contributed by atoms with Gasteiger partial charge in [0, 0.05) is 8.95 Å². The molecule has 0 saturated heterocycles. The predicted molar refractivity (Wildman–Crippen MR) is 88.5 cm³/mol. The van der Waals surface area contributed by atoms with Crippen molar-refractivity contribution in [1.29, 1.82) is 0 Å². The summed E-state index contributed by atoms with van der Waals surface area (Å²) in [4.78, 5) is 12.0. The van der Waals surface area contributed by atoms with E-state index in [4.69, 9.17) is 0 Å². The van der Waals surface area contributed by atoms with Crippen molar-refractivity contribution in [3.8, 4) is 0 Å². The minimum atomic E-state index is 0.00560. The van der Waals surface area contributed by atoms with Gasteiger partial charge in [-0.25, -0.2) is 0 Å². The van der Waals surface area contributed by atoms with Crippen molar-refractivity contribution in [1.82, 2.24) is 5.32 Å². The maximum Gasteiger partial charge on any atom is 0.224 e. The van der Waals surface area contributed by atoms with Crippen molar-refractivity contribution in [3.05, 3.63) is 68.6 Å². The predicted octanol–water partition coefficient (Wildman–Crippen LogP) is 4.63. The Morgan fingerprint density at radius 1 is 1.00 bits per heavy atom. The number of benzene rings is 2. The second kappa shape index (κ2) is 7.04. The van der Waals surface area contributed by atoms with Gasteiger partial charge in [0.05, 0.1) is 12.5 Å². The van der Waals surface area contributed by atoms with Gasteiger partial charge in [0.25, 0.3) is 0 Å². The van der Waals surface area contributed by atoms with E-state index in [-0.39, 0.29) is 11.9 Å². The van der Waals surface area contributed by atoms with Crippen LogP contribution in [-0.4, -0.2) is 5.91 Å². The standard InChI is InChI=1S/C16H15Br2NO/c1-11(13-4-8-15(18)9-5-13)19-16(20)10-12-2-6-14(17)7-3-12/h2-9,11H,10H2,1H3,(H,19,20)/t11-/m0/s1. The van der Waals surface area contributed by atoms with E-state index in [1.807, 2.05) is 55.5 Å². The lowest BCUT2D eigenvalue weighted by molar-refractivity contribution is -0.121. The molecule has 0 heterocycles. The summed E-state index contributed by atoms with van der Waals surface area (Å²) in [5.74, 6) is 0.0303. The van der Waals surface area contributed by atoms with E-state index < -0.39 is 0 Å². The molecular weight excluding hydrogens is 382 g/mol. The van der Waals surface area contributed by atoms with E-state index in [1.54, 1.807) is 0 Å². The molecule has 0 aliphatic heterocycles. The van der Waals surface area contributed by atoms with E-state index >= 15 is 0 Å². The van der Waals surface area contributed by atoms with Gasteiger partial charge in [-0.2, -0.15) is 0 Å². The smallest absolute Gasteiger partial charge is 0.224 e. The molecule has 2 rings (SSSR count). The highest BCUT2D eigenvalue weighted by Crippen LogP contribution is 2.17. The fraction of sp³-hybridized carbons (Fsp3) is 0.188. The molecule has 4 heteroatoms. The molecule has 1 N–H and O–H groups in total. The van der Waals surface area contributed by atoms with Crippen LogP contribution in [0.5, 0.6) is 0 Å². The van der Waals surface area contributed by atoms with Crippen molar-refractivity contribution < 1.29 is 4.79 Å². The molecule has 2 nitrogen and oxygen atoms in total. The van der Waals surface area contributed by atoms with Crippen LogP contribution in [0.15, 0.2) is 57.5 Å². The summed E-state index contributed by atoms with van der Waals surface area (Å²) in [5, 5.41) is 3.01. The number of amides is 1. The van der Waals surface area contributed by atoms with E-state index in [0.29, 0.717) is 6.42 Å². The van der Waals surface area contributed by atoms with Crippen LogP contribution in [0.1, 0.15) is 24.1 Å². The summed E-state index contributed by atoms with van der Waals surface area (Å²) in [6.45, 7) is 1.99. The third kappa shape index (κ3) is 4.46. The van der Waals surface area contributed by atoms with Gasteiger partial charge >= 0.3 is 0 Å². The van der Waals surface area contributed by atoms with Crippen LogP contribution >= 0.6 is 31.9 Å². The molecule has 0 unspecified atom stereocenters. The molecule has 0 spiro atoms. The molecule has 0 aromatic heterocycles. The number of carbonyl (C=O) groups excluding carboxylic acids is 1. The molecule has 0 fully saturated rings. The number of carbonyl (C=O) groups is 1. The van der Waals surface area contributed by atoms with E-state index in [9.17, 15) is 4.79 Å². The van der Waals surface area contributed by atoms with Crippen LogP contribution in [0.3, 0.4) is 0 Å². The Kier molecular flexibility index (Phi) is 5.38. The van der Waals surface area contributed by atoms with Crippen molar-refractivity contribution in [2.45, 2.75) is 19.4 Å². The lowest BCUT2D eigenvalue weighted by Gasteiger charge is -2.14. The summed E-state index contributed by atoms with van der Waals surface area (Å²) in [5.41, 5.74) is 2.10. The number of hydrogen-bond acceptors (Lipinski definition) is 1. The van der Waals surface area contributed by atoms with Crippen molar-refractivity contribution >= 4 is 37.8 Å². The summed E-state index contributed by atoms with van der Waals surface area (Å²) in [6.07, 6.45) is 0.397. The third-order valence-corrected chi connectivity index (χ3v) is 4.08. The Morgan fingerprint density at radius 3 is 2.05 bits per heavy atom. The average molecular weight is 397 g/mol. The van der Waals surface area contributed by atoms with Crippen LogP contribution < -0.4 is 5.32 Å². The molecule has 1 amide bonds. The van der Waals surface area contributed by atoms with Crippen LogP contribution in [-0.2, 0) is 11.2 Å². The fourth-order valence-electron chi connectivity index (χ4n) is 1.91. The zero-order valence-corrected chi connectivity index (χ0v) is 14.2. The van der Waals surface area contributed by atoms with Gasteiger partial charge in [0.15, 0.2) is 0 Å². The first-order valence-electron chi connectivity index (χ1n) is 6.34. The topological polar surface area (TPSA) is 29.1 Å². The van der Waals surface area contributed by atoms with Crippen LogP contribution in [0.25, 0.3) is 0 Å². The maximum absolute atomic E-state index is 12.0. The Morgan fingerprint density at radius 2 is 1.50 bits per heavy atom. The Bertz CT molecular complexity index is 578. The van der Waals surface area contributed by atoms with Gasteiger partial charge in [0.1, 0.15) is 0 Å². The number of hydrogen-bond donors (Lipinski definition) is 1. The molecule has 0 aliphatic rings. The van der Waals surface area contributed by atoms with E-state index in [0.717, 1.165) is 20.1 Å². The summed E-state index contributed by atoms with van der Waals surface area (Å²) in [7, 11) is 0. The van der Waals surface area contributed by atoms with E-state index in [1.165, 1.54) is 0 Å². The molecule has 0 bridgehead atoms. The molecule has 20 heavy (non-hydrogen) atoms. The zero-order chi connectivity index (χ0) is 14.5. The highest BCUT2D eigenvalue weighted by molar-refractivity contribution is 9.10. The van der Waals surface area contributed by atoms with Gasteiger partial charge in [-0.1, -0.05) is 56.1 Å². The van der Waals surface area contributed by atoms with Crippen molar-refractivity contribution in [2.24, 2.45) is 0 Å². The van der Waals surface area contributed by atoms with Gasteiger partial charge < -0.3 is 5.32 Å². The second-order valence-corrected chi connectivity index (χ2v) is 6.48. The lowest BCUT2D eigenvalue weighted by Crippen LogP contribution is -2.28. The summed E-state index contributed by atoms with van der Waals surface area (Å²) >= 11 is 6.79. The molecule has 1 atom stereocenters. The second-order valence-electron chi connectivity index (χ2n) is 4.64. The molecule has 0 aliphatic carbocycles. The van der Waals surface area contributed by atoms with Crippen molar-refractivity contribution in [2.75, 3.05) is 0 Å². The fourth-order valence-corrected chi connectivity index (χ4v) is 2.44. The normalized spacial score (nSPS) is 11.9. The largest absolute Gasteiger partial charge is 0.349 e. The molecule has 2 aromatic rings.